The predicted molar refractivity (Wildman–Crippen MR) is 117 cm³/mol. The number of carbonyl (C=O) groups is 1. The number of halogens is 1. The van der Waals surface area contributed by atoms with Crippen molar-refractivity contribution in [2.75, 3.05) is 26.2 Å². The topological polar surface area (TPSA) is 75.7 Å². The van der Waals surface area contributed by atoms with Gasteiger partial charge in [-0.05, 0) is 54.7 Å². The van der Waals surface area contributed by atoms with Crippen molar-refractivity contribution in [3.63, 3.8) is 0 Å². The third kappa shape index (κ3) is 5.83. The van der Waals surface area contributed by atoms with Crippen molar-refractivity contribution in [3.8, 4) is 5.75 Å². The van der Waals surface area contributed by atoms with Gasteiger partial charge in [-0.15, -0.1) is 0 Å². The molecule has 1 saturated heterocycles. The first-order valence-corrected chi connectivity index (χ1v) is 12.0. The molecule has 2 aromatic carbocycles. The van der Waals surface area contributed by atoms with Crippen molar-refractivity contribution in [1.29, 1.82) is 0 Å². The Bertz CT molecular complexity index is 993. The minimum absolute atomic E-state index is 0.0344. The summed E-state index contributed by atoms with van der Waals surface area (Å²) in [6.07, 6.45) is 1.22. The Morgan fingerprint density at radius 3 is 2.61 bits per heavy atom. The SMILES string of the molecule is CC(C)c1ccccc1OCCNC(=O)[C@@H]1CCCN(S(=O)(=O)c2ccc(F)cc2)C1. The lowest BCUT2D eigenvalue weighted by Crippen LogP contribution is -2.46. The van der Waals surface area contributed by atoms with Crippen LogP contribution in [0.4, 0.5) is 4.39 Å². The molecule has 1 heterocycles. The maximum atomic E-state index is 13.1. The number of para-hydroxylation sites is 1. The summed E-state index contributed by atoms with van der Waals surface area (Å²) in [6.45, 7) is 5.32. The zero-order chi connectivity index (χ0) is 22.4. The first-order chi connectivity index (χ1) is 14.8. The minimum atomic E-state index is -3.76. The minimum Gasteiger partial charge on any atom is -0.491 e. The largest absolute Gasteiger partial charge is 0.491 e. The summed E-state index contributed by atoms with van der Waals surface area (Å²) in [4.78, 5) is 12.6. The summed E-state index contributed by atoms with van der Waals surface area (Å²) in [6, 6.07) is 12.6. The molecule has 168 valence electrons. The molecule has 1 aliphatic rings. The molecule has 6 nitrogen and oxygen atoms in total. The van der Waals surface area contributed by atoms with Gasteiger partial charge in [-0.1, -0.05) is 32.0 Å². The fraction of sp³-hybridized carbons (Fsp3) is 0.435. The molecule has 0 unspecified atom stereocenters. The normalized spacial score (nSPS) is 17.5. The third-order valence-corrected chi connectivity index (χ3v) is 7.29. The quantitative estimate of drug-likeness (QED) is 0.627. The number of ether oxygens (including phenoxy) is 1. The molecule has 3 rings (SSSR count). The number of nitrogens with one attached hydrogen (secondary N) is 1. The average molecular weight is 449 g/mol. The summed E-state index contributed by atoms with van der Waals surface area (Å²) >= 11 is 0. The van der Waals surface area contributed by atoms with E-state index in [-0.39, 0.29) is 17.3 Å². The van der Waals surface area contributed by atoms with Crippen LogP contribution in [0.3, 0.4) is 0 Å². The molecule has 0 bridgehead atoms. The number of sulfonamides is 1. The number of hydrogen-bond donors (Lipinski definition) is 1. The monoisotopic (exact) mass is 448 g/mol. The molecule has 1 aliphatic heterocycles. The van der Waals surface area contributed by atoms with Crippen molar-refractivity contribution in [2.45, 2.75) is 37.5 Å². The Hall–Kier alpha value is -2.45. The molecular formula is C23H29FN2O4S. The summed E-state index contributed by atoms with van der Waals surface area (Å²) in [5.41, 5.74) is 1.11. The lowest BCUT2D eigenvalue weighted by atomic mass is 9.99. The summed E-state index contributed by atoms with van der Waals surface area (Å²) < 4.78 is 45.9. The van der Waals surface area contributed by atoms with Crippen LogP contribution in [-0.4, -0.2) is 44.9 Å². The van der Waals surface area contributed by atoms with Crippen LogP contribution >= 0.6 is 0 Å². The second-order valence-corrected chi connectivity index (χ2v) is 9.93. The molecule has 1 atom stereocenters. The number of benzene rings is 2. The molecule has 0 radical (unpaired) electrons. The van der Waals surface area contributed by atoms with Crippen molar-refractivity contribution in [3.05, 3.63) is 59.9 Å². The molecular weight excluding hydrogens is 419 g/mol. The number of carbonyl (C=O) groups excluding carboxylic acids is 1. The van der Waals surface area contributed by atoms with E-state index >= 15 is 0 Å². The van der Waals surface area contributed by atoms with E-state index in [9.17, 15) is 17.6 Å². The van der Waals surface area contributed by atoms with E-state index in [1.807, 2.05) is 24.3 Å². The standard InChI is InChI=1S/C23H29FN2O4S/c1-17(2)21-7-3-4-8-22(21)30-15-13-25-23(27)18-6-5-14-26(16-18)31(28,29)20-11-9-19(24)10-12-20/h3-4,7-12,17-18H,5-6,13-16H2,1-2H3,(H,25,27)/t18-/m1/s1. The van der Waals surface area contributed by atoms with Gasteiger partial charge < -0.3 is 10.1 Å². The van der Waals surface area contributed by atoms with Gasteiger partial charge in [0.25, 0.3) is 0 Å². The van der Waals surface area contributed by atoms with Gasteiger partial charge in [-0.3, -0.25) is 4.79 Å². The van der Waals surface area contributed by atoms with Crippen molar-refractivity contribution in [1.82, 2.24) is 9.62 Å². The smallest absolute Gasteiger partial charge is 0.243 e. The van der Waals surface area contributed by atoms with Gasteiger partial charge in [0.2, 0.25) is 15.9 Å². The van der Waals surface area contributed by atoms with Crippen molar-refractivity contribution in [2.24, 2.45) is 5.92 Å². The number of piperidine rings is 1. The van der Waals surface area contributed by atoms with E-state index in [2.05, 4.69) is 19.2 Å². The lowest BCUT2D eigenvalue weighted by Gasteiger charge is -2.31. The first kappa shape index (κ1) is 23.2. The predicted octanol–water partition coefficient (Wildman–Crippen LogP) is 3.55. The van der Waals surface area contributed by atoms with E-state index in [1.54, 1.807) is 0 Å². The van der Waals surface area contributed by atoms with Crippen LogP contribution in [0.2, 0.25) is 0 Å². The highest BCUT2D eigenvalue weighted by atomic mass is 32.2. The molecule has 1 N–H and O–H groups in total. The highest BCUT2D eigenvalue weighted by Gasteiger charge is 2.33. The van der Waals surface area contributed by atoms with Gasteiger partial charge in [0.15, 0.2) is 0 Å². The van der Waals surface area contributed by atoms with Crippen LogP contribution in [-0.2, 0) is 14.8 Å². The number of hydrogen-bond acceptors (Lipinski definition) is 4. The third-order valence-electron chi connectivity index (χ3n) is 5.41. The van der Waals surface area contributed by atoms with E-state index < -0.39 is 21.8 Å². The van der Waals surface area contributed by atoms with Crippen LogP contribution in [0.5, 0.6) is 5.75 Å². The van der Waals surface area contributed by atoms with Gasteiger partial charge in [0.1, 0.15) is 18.2 Å². The Morgan fingerprint density at radius 2 is 1.90 bits per heavy atom. The zero-order valence-corrected chi connectivity index (χ0v) is 18.7. The zero-order valence-electron chi connectivity index (χ0n) is 17.9. The molecule has 2 aromatic rings. The summed E-state index contributed by atoms with van der Waals surface area (Å²) in [7, 11) is -3.76. The lowest BCUT2D eigenvalue weighted by molar-refractivity contribution is -0.126. The molecule has 0 saturated carbocycles. The second kappa shape index (κ2) is 10.2. The summed E-state index contributed by atoms with van der Waals surface area (Å²) in [5.74, 6) is 0.0443. The van der Waals surface area contributed by atoms with E-state index in [4.69, 9.17) is 4.74 Å². The van der Waals surface area contributed by atoms with E-state index in [0.717, 1.165) is 23.4 Å². The maximum absolute atomic E-state index is 13.1. The number of nitrogens with zero attached hydrogens (tertiary/aromatic N) is 1. The highest BCUT2D eigenvalue weighted by molar-refractivity contribution is 7.89. The van der Waals surface area contributed by atoms with Gasteiger partial charge >= 0.3 is 0 Å². The Labute approximate surface area is 183 Å². The van der Waals surface area contributed by atoms with Crippen LogP contribution in [0.25, 0.3) is 0 Å². The van der Waals surface area contributed by atoms with E-state index in [0.29, 0.717) is 38.5 Å². The van der Waals surface area contributed by atoms with Crippen LogP contribution in [0, 0.1) is 11.7 Å². The Kier molecular flexibility index (Phi) is 7.67. The molecule has 0 aliphatic carbocycles. The fourth-order valence-electron chi connectivity index (χ4n) is 3.70. The van der Waals surface area contributed by atoms with Gasteiger partial charge in [-0.2, -0.15) is 4.31 Å². The number of rotatable bonds is 8. The Balaban J connectivity index is 1.52. The van der Waals surface area contributed by atoms with Crippen molar-refractivity contribution < 1.29 is 22.3 Å². The molecule has 1 amide bonds. The number of amides is 1. The van der Waals surface area contributed by atoms with Crippen LogP contribution < -0.4 is 10.1 Å². The van der Waals surface area contributed by atoms with Gasteiger partial charge in [0, 0.05) is 13.1 Å². The van der Waals surface area contributed by atoms with E-state index in [1.165, 1.54) is 16.4 Å². The maximum Gasteiger partial charge on any atom is 0.243 e. The molecule has 31 heavy (non-hydrogen) atoms. The molecule has 8 heteroatoms. The summed E-state index contributed by atoms with van der Waals surface area (Å²) in [5, 5.41) is 2.86. The second-order valence-electron chi connectivity index (χ2n) is 7.99. The van der Waals surface area contributed by atoms with Crippen LogP contribution in [0.15, 0.2) is 53.4 Å². The highest BCUT2D eigenvalue weighted by Crippen LogP contribution is 2.26. The fourth-order valence-corrected chi connectivity index (χ4v) is 5.22. The first-order valence-electron chi connectivity index (χ1n) is 10.5. The van der Waals surface area contributed by atoms with Crippen LogP contribution in [0.1, 0.15) is 38.2 Å². The average Bonchev–Trinajstić information content (AvgIpc) is 2.77. The van der Waals surface area contributed by atoms with Crippen molar-refractivity contribution >= 4 is 15.9 Å². The molecule has 0 spiro atoms. The molecule has 0 aromatic heterocycles. The Morgan fingerprint density at radius 1 is 1.19 bits per heavy atom. The van der Waals surface area contributed by atoms with Gasteiger partial charge in [-0.25, -0.2) is 12.8 Å². The molecule has 1 fully saturated rings. The van der Waals surface area contributed by atoms with Gasteiger partial charge in [0.05, 0.1) is 17.4 Å².